The van der Waals surface area contributed by atoms with Crippen molar-refractivity contribution < 1.29 is 9.53 Å². The molecule has 1 aromatic rings. The molecule has 0 aliphatic rings. The maximum absolute atomic E-state index is 11.1. The zero-order valence-corrected chi connectivity index (χ0v) is 7.31. The summed E-state index contributed by atoms with van der Waals surface area (Å²) in [6, 6.07) is 6.44. The molecule has 0 atom stereocenters. The van der Waals surface area contributed by atoms with Crippen LogP contribution in [-0.2, 0) is 0 Å². The fourth-order valence-electron chi connectivity index (χ4n) is 0.885. The van der Waals surface area contributed by atoms with Gasteiger partial charge < -0.3 is 10.6 Å². The van der Waals surface area contributed by atoms with E-state index in [1.165, 1.54) is 6.07 Å². The van der Waals surface area contributed by atoms with Crippen LogP contribution in [0, 0.1) is 0 Å². The molecule has 14 heavy (non-hydrogen) atoms. The zero-order chi connectivity index (χ0) is 10.4. The van der Waals surface area contributed by atoms with Crippen molar-refractivity contribution in [3.63, 3.8) is 0 Å². The lowest BCUT2D eigenvalue weighted by atomic mass is 10.2. The Kier molecular flexibility index (Phi) is 3.45. The van der Waals surface area contributed by atoms with E-state index >= 15 is 0 Å². The third kappa shape index (κ3) is 2.46. The number of nitrogen functional groups attached to an aromatic ring is 1. The van der Waals surface area contributed by atoms with E-state index in [-0.39, 0.29) is 5.91 Å². The molecule has 0 saturated heterocycles. The van der Waals surface area contributed by atoms with Gasteiger partial charge in [-0.05, 0) is 18.2 Å². The van der Waals surface area contributed by atoms with E-state index in [2.05, 4.69) is 5.10 Å². The lowest BCUT2D eigenvalue weighted by Gasteiger charge is -2.02. The number of carbonyl (C=O) groups excluding carboxylic acids is 1. The normalized spacial score (nSPS) is 10.1. The van der Waals surface area contributed by atoms with Gasteiger partial charge in [0.1, 0.15) is 5.75 Å². The van der Waals surface area contributed by atoms with Crippen molar-refractivity contribution >= 4 is 12.3 Å². The highest BCUT2D eigenvalue weighted by Gasteiger charge is 2.03. The molecule has 0 bridgehead atoms. The Morgan fingerprint density at radius 1 is 1.57 bits per heavy atom. The van der Waals surface area contributed by atoms with E-state index in [4.69, 9.17) is 16.4 Å². The average Bonchev–Trinajstić information content (AvgIpc) is 2.25. The number of nitrogens with two attached hydrogens (primary N) is 2. The van der Waals surface area contributed by atoms with Gasteiger partial charge in [-0.2, -0.15) is 5.10 Å². The molecule has 0 fully saturated rings. The van der Waals surface area contributed by atoms with Gasteiger partial charge in [0, 0.05) is 5.56 Å². The molecule has 6 heteroatoms. The van der Waals surface area contributed by atoms with Crippen molar-refractivity contribution in [3.05, 3.63) is 29.8 Å². The molecule has 0 spiro atoms. The zero-order valence-electron chi connectivity index (χ0n) is 7.31. The predicted octanol–water partition coefficient (Wildman–Crippen LogP) is -0.429. The van der Waals surface area contributed by atoms with Gasteiger partial charge in [-0.15, -0.1) is 0 Å². The first kappa shape index (κ1) is 10.0. The molecule has 0 aliphatic heterocycles. The van der Waals surface area contributed by atoms with Gasteiger partial charge in [-0.1, -0.05) is 6.07 Å². The van der Waals surface area contributed by atoms with Crippen molar-refractivity contribution in [2.45, 2.75) is 0 Å². The Balaban J connectivity index is 2.83. The molecule has 1 rings (SSSR count). The minimum Gasteiger partial charge on any atom is -0.444 e. The molecule has 0 radical (unpaired) electrons. The van der Waals surface area contributed by atoms with Gasteiger partial charge in [0.05, 0.1) is 0 Å². The van der Waals surface area contributed by atoms with Crippen LogP contribution in [0.2, 0.25) is 0 Å². The average molecular weight is 194 g/mol. The van der Waals surface area contributed by atoms with Gasteiger partial charge in [0.2, 0.25) is 0 Å². The number of hydrazone groups is 1. The molecule has 0 aromatic heterocycles. The van der Waals surface area contributed by atoms with Crippen molar-refractivity contribution in [1.29, 1.82) is 0 Å². The molecule has 74 valence electrons. The van der Waals surface area contributed by atoms with Crippen molar-refractivity contribution in [2.24, 2.45) is 16.8 Å². The van der Waals surface area contributed by atoms with E-state index in [9.17, 15) is 4.79 Å². The van der Waals surface area contributed by atoms with Gasteiger partial charge in [-0.3, -0.25) is 10.2 Å². The largest absolute Gasteiger partial charge is 0.444 e. The number of hydrogen-bond acceptors (Lipinski definition) is 5. The molecule has 5 N–H and O–H groups in total. The molecule has 0 aliphatic carbocycles. The Morgan fingerprint density at radius 2 is 2.36 bits per heavy atom. The van der Waals surface area contributed by atoms with Crippen LogP contribution in [0.4, 0.5) is 0 Å². The summed E-state index contributed by atoms with van der Waals surface area (Å²) in [5, 5.41) is 3.15. The van der Waals surface area contributed by atoms with Crippen LogP contribution in [0.1, 0.15) is 10.4 Å². The monoisotopic (exact) mass is 194 g/mol. The summed E-state index contributed by atoms with van der Waals surface area (Å²) in [7, 11) is 0. The molecule has 1 aromatic carbocycles. The minimum atomic E-state index is -0.389. The third-order valence-corrected chi connectivity index (χ3v) is 1.48. The summed E-state index contributed by atoms with van der Waals surface area (Å²) in [5.74, 6) is 9.88. The number of carbonyl (C=O) groups is 1. The van der Waals surface area contributed by atoms with Gasteiger partial charge in [0.25, 0.3) is 5.91 Å². The second-order valence-corrected chi connectivity index (χ2v) is 2.37. The molecule has 1 amide bonds. The van der Waals surface area contributed by atoms with Crippen LogP contribution in [0.25, 0.3) is 0 Å². The van der Waals surface area contributed by atoms with Gasteiger partial charge in [-0.25, -0.2) is 5.84 Å². The molecular weight excluding hydrogens is 184 g/mol. The fraction of sp³-hybridized carbons (Fsp3) is 0. The van der Waals surface area contributed by atoms with E-state index < -0.39 is 0 Å². The summed E-state index contributed by atoms with van der Waals surface area (Å²) in [5.41, 5.74) is 2.41. The third-order valence-electron chi connectivity index (χ3n) is 1.48. The molecule has 0 saturated carbocycles. The lowest BCUT2D eigenvalue weighted by molar-refractivity contribution is 0.0953. The topological polar surface area (TPSA) is 103 Å². The van der Waals surface area contributed by atoms with Gasteiger partial charge >= 0.3 is 0 Å². The standard InChI is InChI=1S/C8H10N4O2/c9-11-5-14-7-3-1-2-6(4-7)8(13)12-10/h1-5H,9-10H2,(H,12,13)/b11-5+. The first-order chi connectivity index (χ1) is 6.77. The van der Waals surface area contributed by atoms with E-state index in [1.54, 1.807) is 18.2 Å². The van der Waals surface area contributed by atoms with Crippen LogP contribution in [0.15, 0.2) is 29.4 Å². The molecule has 6 nitrogen and oxygen atoms in total. The fourth-order valence-corrected chi connectivity index (χ4v) is 0.885. The first-order valence-electron chi connectivity index (χ1n) is 3.77. The molecule has 0 heterocycles. The van der Waals surface area contributed by atoms with Crippen LogP contribution in [-0.4, -0.2) is 12.3 Å². The number of rotatable bonds is 3. The number of hydrazine groups is 1. The Morgan fingerprint density at radius 3 is 3.00 bits per heavy atom. The highest BCUT2D eigenvalue weighted by Crippen LogP contribution is 2.12. The number of ether oxygens (including phenoxy) is 1. The number of nitrogens with zero attached hydrogens (tertiary/aromatic N) is 1. The van der Waals surface area contributed by atoms with Crippen molar-refractivity contribution in [1.82, 2.24) is 5.43 Å². The Bertz CT molecular complexity index is 351. The van der Waals surface area contributed by atoms with Crippen molar-refractivity contribution in [2.75, 3.05) is 0 Å². The number of amides is 1. The Hall–Kier alpha value is -2.08. The molecule has 0 unspecified atom stereocenters. The maximum Gasteiger partial charge on any atom is 0.265 e. The van der Waals surface area contributed by atoms with E-state index in [0.717, 1.165) is 6.40 Å². The first-order valence-corrected chi connectivity index (χ1v) is 3.77. The van der Waals surface area contributed by atoms with E-state index in [1.807, 2.05) is 5.43 Å². The molecular formula is C8H10N4O2. The SMILES string of the molecule is N/N=C/Oc1cccc(C(=O)NN)c1. The highest BCUT2D eigenvalue weighted by atomic mass is 16.5. The second kappa shape index (κ2) is 4.83. The second-order valence-electron chi connectivity index (χ2n) is 2.37. The van der Waals surface area contributed by atoms with Crippen LogP contribution < -0.4 is 21.8 Å². The minimum absolute atomic E-state index is 0.389. The summed E-state index contributed by atoms with van der Waals surface area (Å²) in [4.78, 5) is 11.1. The summed E-state index contributed by atoms with van der Waals surface area (Å²) < 4.78 is 4.95. The highest BCUT2D eigenvalue weighted by molar-refractivity contribution is 5.94. The number of hydrogen-bond donors (Lipinski definition) is 3. The van der Waals surface area contributed by atoms with Gasteiger partial charge in [0.15, 0.2) is 6.40 Å². The Labute approximate surface area is 80.5 Å². The quantitative estimate of drug-likeness (QED) is 0.200. The summed E-state index contributed by atoms with van der Waals surface area (Å²) in [6.45, 7) is 0. The van der Waals surface area contributed by atoms with E-state index in [0.29, 0.717) is 11.3 Å². The van der Waals surface area contributed by atoms with Crippen LogP contribution in [0.5, 0.6) is 5.75 Å². The number of benzene rings is 1. The summed E-state index contributed by atoms with van der Waals surface area (Å²) >= 11 is 0. The maximum atomic E-state index is 11.1. The lowest BCUT2D eigenvalue weighted by Crippen LogP contribution is -2.29. The predicted molar refractivity (Wildman–Crippen MR) is 51.4 cm³/mol. The smallest absolute Gasteiger partial charge is 0.265 e. The number of nitrogens with one attached hydrogen (secondary N) is 1. The van der Waals surface area contributed by atoms with Crippen LogP contribution in [0.3, 0.4) is 0 Å². The van der Waals surface area contributed by atoms with Crippen molar-refractivity contribution in [3.8, 4) is 5.75 Å². The van der Waals surface area contributed by atoms with Crippen LogP contribution >= 0.6 is 0 Å². The summed E-state index contributed by atoms with van der Waals surface area (Å²) in [6.07, 6.45) is 1.07.